The fourth-order valence-corrected chi connectivity index (χ4v) is 0.677. The lowest BCUT2D eigenvalue weighted by Gasteiger charge is -1.90. The third-order valence-corrected chi connectivity index (χ3v) is 1.21. The zero-order valence-electron chi connectivity index (χ0n) is 11.0. The Kier molecular flexibility index (Phi) is 32.6. The first-order chi connectivity index (χ1) is 6.15. The van der Waals surface area contributed by atoms with Crippen LogP contribution in [-0.2, 0) is 0 Å². The van der Waals surface area contributed by atoms with Gasteiger partial charge in [-0.05, 0) is 21.1 Å². The maximum absolute atomic E-state index is 2.25. The summed E-state index contributed by atoms with van der Waals surface area (Å²) < 4.78 is 0. The molecule has 0 amide bonds. The number of rotatable bonds is 4. The van der Waals surface area contributed by atoms with Crippen molar-refractivity contribution in [2.75, 3.05) is 21.1 Å². The Balaban J connectivity index is -0.000000142. The van der Waals surface area contributed by atoms with Crippen molar-refractivity contribution in [2.24, 2.45) is 0 Å². The van der Waals surface area contributed by atoms with E-state index in [1.54, 1.807) is 0 Å². The molecule has 0 aromatic rings. The zero-order chi connectivity index (χ0) is 11.1. The van der Waals surface area contributed by atoms with Gasteiger partial charge in [-0.3, -0.25) is 0 Å². The molecule has 0 rings (SSSR count). The van der Waals surface area contributed by atoms with Crippen LogP contribution in [0, 0.1) is 0 Å². The van der Waals surface area contributed by atoms with E-state index in [2.05, 4.69) is 13.8 Å². The van der Waals surface area contributed by atoms with Crippen molar-refractivity contribution in [3.63, 3.8) is 0 Å². The number of unbranched alkanes of at least 4 members (excludes halogenated alkanes) is 4. The Hall–Kier alpha value is -0.0400. The summed E-state index contributed by atoms with van der Waals surface area (Å²) in [5.74, 6) is 0. The molecule has 1 heteroatoms. The molecule has 0 fully saturated rings. The standard InChI is InChI=1S/C7H16.C3H9N.C2H6/c1-3-5-7-6-4-2;1-4(2)3;1-2/h3-7H2,1-2H3;1-3H3;1-2H3. The molecule has 0 heterocycles. The van der Waals surface area contributed by atoms with Gasteiger partial charge in [-0.15, -0.1) is 0 Å². The highest BCUT2D eigenvalue weighted by Gasteiger charge is 1.80. The first-order valence-corrected chi connectivity index (χ1v) is 5.76. The van der Waals surface area contributed by atoms with Crippen molar-refractivity contribution in [1.82, 2.24) is 4.90 Å². The number of hydrogen-bond donors (Lipinski definition) is 0. The third-order valence-electron chi connectivity index (χ3n) is 1.21. The normalized spacial score (nSPS) is 8.31. The summed E-state index contributed by atoms with van der Waals surface area (Å²) >= 11 is 0. The van der Waals surface area contributed by atoms with Crippen LogP contribution in [0.15, 0.2) is 0 Å². The van der Waals surface area contributed by atoms with E-state index in [-0.39, 0.29) is 0 Å². The summed E-state index contributed by atoms with van der Waals surface area (Å²) in [4.78, 5) is 2.00. The van der Waals surface area contributed by atoms with E-state index < -0.39 is 0 Å². The van der Waals surface area contributed by atoms with Gasteiger partial charge in [0.1, 0.15) is 0 Å². The SMILES string of the molecule is CC.CCCCCCC.CN(C)C. The molecule has 0 aliphatic rings. The number of nitrogens with zero attached hydrogens (tertiary/aromatic N) is 1. The van der Waals surface area contributed by atoms with Gasteiger partial charge in [-0.1, -0.05) is 59.8 Å². The quantitative estimate of drug-likeness (QED) is 0.600. The first kappa shape index (κ1) is 18.7. The lowest BCUT2D eigenvalue weighted by molar-refractivity contribution is 0.505. The van der Waals surface area contributed by atoms with Gasteiger partial charge in [0.05, 0.1) is 0 Å². The maximum Gasteiger partial charge on any atom is -0.0140 e. The molecule has 0 spiro atoms. The molecule has 0 bridgehead atoms. The van der Waals surface area contributed by atoms with Crippen LogP contribution in [0.3, 0.4) is 0 Å². The molecule has 1 nitrogen and oxygen atoms in total. The van der Waals surface area contributed by atoms with Crippen LogP contribution < -0.4 is 0 Å². The molecular weight excluding hydrogens is 158 g/mol. The first-order valence-electron chi connectivity index (χ1n) is 5.76. The zero-order valence-corrected chi connectivity index (χ0v) is 11.0. The molecule has 0 saturated heterocycles. The van der Waals surface area contributed by atoms with Gasteiger partial charge in [0, 0.05) is 0 Å². The van der Waals surface area contributed by atoms with Crippen molar-refractivity contribution < 1.29 is 0 Å². The van der Waals surface area contributed by atoms with Crippen molar-refractivity contribution in [1.29, 1.82) is 0 Å². The second kappa shape index (κ2) is 22.7. The Bertz CT molecular complexity index is 44.3. The summed E-state index contributed by atoms with van der Waals surface area (Å²) in [6.45, 7) is 8.49. The fourth-order valence-electron chi connectivity index (χ4n) is 0.677. The van der Waals surface area contributed by atoms with Crippen molar-refractivity contribution in [3.05, 3.63) is 0 Å². The average molecular weight is 189 g/mol. The predicted molar refractivity (Wildman–Crippen MR) is 65.4 cm³/mol. The summed E-state index contributed by atoms with van der Waals surface area (Å²) in [6.07, 6.45) is 7.01. The number of hydrogen-bond acceptors (Lipinski definition) is 1. The average Bonchev–Trinajstić information content (AvgIpc) is 2.08. The van der Waals surface area contributed by atoms with Gasteiger partial charge in [-0.25, -0.2) is 0 Å². The molecule has 13 heavy (non-hydrogen) atoms. The summed E-state index contributed by atoms with van der Waals surface area (Å²) in [7, 11) is 6.00. The van der Waals surface area contributed by atoms with Crippen LogP contribution in [0.25, 0.3) is 0 Å². The Labute approximate surface area is 86.5 Å². The molecular formula is C12H31N. The van der Waals surface area contributed by atoms with Crippen molar-refractivity contribution in [3.8, 4) is 0 Å². The van der Waals surface area contributed by atoms with E-state index in [0.717, 1.165) is 0 Å². The molecule has 0 aliphatic heterocycles. The van der Waals surface area contributed by atoms with Crippen LogP contribution in [0.1, 0.15) is 59.8 Å². The van der Waals surface area contributed by atoms with Gasteiger partial charge >= 0.3 is 0 Å². The monoisotopic (exact) mass is 189 g/mol. The van der Waals surface area contributed by atoms with Crippen LogP contribution in [0.5, 0.6) is 0 Å². The summed E-state index contributed by atoms with van der Waals surface area (Å²) in [5.41, 5.74) is 0. The van der Waals surface area contributed by atoms with Gasteiger partial charge in [0.15, 0.2) is 0 Å². The van der Waals surface area contributed by atoms with Crippen LogP contribution in [-0.4, -0.2) is 26.0 Å². The highest BCUT2D eigenvalue weighted by molar-refractivity contribution is 4.35. The minimum Gasteiger partial charge on any atom is -0.312 e. The van der Waals surface area contributed by atoms with Crippen LogP contribution in [0.4, 0.5) is 0 Å². The molecule has 0 aromatic heterocycles. The Morgan fingerprint density at radius 1 is 0.692 bits per heavy atom. The molecule has 0 N–H and O–H groups in total. The molecule has 0 saturated carbocycles. The van der Waals surface area contributed by atoms with Crippen LogP contribution in [0.2, 0.25) is 0 Å². The topological polar surface area (TPSA) is 3.24 Å². The molecule has 0 aromatic carbocycles. The minimum atomic E-state index is 1.36. The van der Waals surface area contributed by atoms with E-state index in [9.17, 15) is 0 Å². The lowest BCUT2D eigenvalue weighted by Crippen LogP contribution is -1.99. The van der Waals surface area contributed by atoms with Crippen molar-refractivity contribution >= 4 is 0 Å². The highest BCUT2D eigenvalue weighted by atomic mass is 15.0. The van der Waals surface area contributed by atoms with E-state index in [4.69, 9.17) is 0 Å². The van der Waals surface area contributed by atoms with Gasteiger partial charge in [0.2, 0.25) is 0 Å². The van der Waals surface area contributed by atoms with E-state index in [1.165, 1.54) is 32.1 Å². The molecule has 0 unspecified atom stereocenters. The van der Waals surface area contributed by atoms with E-state index >= 15 is 0 Å². The summed E-state index contributed by atoms with van der Waals surface area (Å²) in [5, 5.41) is 0. The largest absolute Gasteiger partial charge is 0.312 e. The highest BCUT2D eigenvalue weighted by Crippen LogP contribution is 2.00. The minimum absolute atomic E-state index is 1.36. The van der Waals surface area contributed by atoms with E-state index in [0.29, 0.717) is 0 Å². The second-order valence-electron chi connectivity index (χ2n) is 3.40. The third kappa shape index (κ3) is 75.7. The van der Waals surface area contributed by atoms with Gasteiger partial charge < -0.3 is 4.90 Å². The lowest BCUT2D eigenvalue weighted by atomic mass is 10.2. The fraction of sp³-hybridized carbons (Fsp3) is 1.00. The maximum atomic E-state index is 2.25. The van der Waals surface area contributed by atoms with Gasteiger partial charge in [0.25, 0.3) is 0 Å². The smallest absolute Gasteiger partial charge is 0.0140 e. The molecule has 0 radical (unpaired) electrons. The summed E-state index contributed by atoms with van der Waals surface area (Å²) in [6, 6.07) is 0. The molecule has 84 valence electrons. The Morgan fingerprint density at radius 2 is 0.923 bits per heavy atom. The van der Waals surface area contributed by atoms with Gasteiger partial charge in [-0.2, -0.15) is 0 Å². The van der Waals surface area contributed by atoms with Crippen LogP contribution >= 0.6 is 0 Å². The second-order valence-corrected chi connectivity index (χ2v) is 3.40. The Morgan fingerprint density at radius 3 is 1.08 bits per heavy atom. The molecule has 0 atom stereocenters. The van der Waals surface area contributed by atoms with Crippen molar-refractivity contribution in [2.45, 2.75) is 59.8 Å². The molecule has 0 aliphatic carbocycles. The predicted octanol–water partition coefficient (Wildman–Crippen LogP) is 4.18. The van der Waals surface area contributed by atoms with E-state index in [1.807, 2.05) is 39.9 Å².